The van der Waals surface area contributed by atoms with Crippen LogP contribution in [0.3, 0.4) is 0 Å². The van der Waals surface area contributed by atoms with E-state index in [4.69, 9.17) is 0 Å². The number of rotatable bonds is 8. The van der Waals surface area contributed by atoms with E-state index in [1.54, 1.807) is 0 Å². The van der Waals surface area contributed by atoms with Gasteiger partial charge < -0.3 is 15.5 Å². The average Bonchev–Trinajstić information content (AvgIpc) is 2.93. The van der Waals surface area contributed by atoms with Gasteiger partial charge in [0, 0.05) is 20.0 Å². The lowest BCUT2D eigenvalue weighted by atomic mass is 10.0. The number of hydrogen-bond donors (Lipinski definition) is 2. The molecule has 1 heterocycles. The van der Waals surface area contributed by atoms with Crippen molar-refractivity contribution in [1.29, 1.82) is 0 Å². The van der Waals surface area contributed by atoms with Gasteiger partial charge in [-0.25, -0.2) is 0 Å². The summed E-state index contributed by atoms with van der Waals surface area (Å²) in [5, 5.41) is 5.08. The number of carbonyl (C=O) groups excluding carboxylic acids is 4. The van der Waals surface area contributed by atoms with Crippen LogP contribution >= 0.6 is 0 Å². The van der Waals surface area contributed by atoms with Gasteiger partial charge in [0.2, 0.25) is 17.6 Å². The van der Waals surface area contributed by atoms with Crippen molar-refractivity contribution >= 4 is 23.5 Å². The molecule has 0 aliphatic carbocycles. The zero-order valence-corrected chi connectivity index (χ0v) is 14.6. The molecule has 24 heavy (non-hydrogen) atoms. The van der Waals surface area contributed by atoms with Gasteiger partial charge in [0.05, 0.1) is 6.04 Å². The van der Waals surface area contributed by atoms with E-state index in [0.29, 0.717) is 25.8 Å². The molecule has 0 aromatic carbocycles. The van der Waals surface area contributed by atoms with Gasteiger partial charge in [-0.1, -0.05) is 26.3 Å². The fourth-order valence-electron chi connectivity index (χ4n) is 2.88. The molecular formula is C17H27N3O4. The fraction of sp³-hybridized carbons (Fsp3) is 0.647. The molecule has 1 unspecified atom stereocenters. The van der Waals surface area contributed by atoms with E-state index in [9.17, 15) is 19.2 Å². The summed E-state index contributed by atoms with van der Waals surface area (Å²) in [5.74, 6) is -1.73. The minimum atomic E-state index is -0.878. The van der Waals surface area contributed by atoms with Crippen LogP contribution in [0.5, 0.6) is 0 Å². The summed E-state index contributed by atoms with van der Waals surface area (Å²) in [7, 11) is 0. The Morgan fingerprint density at radius 3 is 2.54 bits per heavy atom. The molecule has 7 heteroatoms. The summed E-state index contributed by atoms with van der Waals surface area (Å²) >= 11 is 0. The van der Waals surface area contributed by atoms with Gasteiger partial charge in [-0.05, 0) is 18.8 Å². The van der Waals surface area contributed by atoms with Crippen LogP contribution in [0.4, 0.5) is 0 Å². The molecule has 0 aromatic heterocycles. The van der Waals surface area contributed by atoms with Crippen molar-refractivity contribution in [2.75, 3.05) is 13.1 Å². The van der Waals surface area contributed by atoms with E-state index in [1.807, 2.05) is 13.8 Å². The average molecular weight is 337 g/mol. The number of carbonyl (C=O) groups is 4. The van der Waals surface area contributed by atoms with Crippen LogP contribution in [0.15, 0.2) is 12.7 Å². The summed E-state index contributed by atoms with van der Waals surface area (Å²) in [6, 6.07) is -1.46. The molecular weight excluding hydrogens is 310 g/mol. The third kappa shape index (κ3) is 5.18. The maximum Gasteiger partial charge on any atom is 0.289 e. The van der Waals surface area contributed by atoms with Crippen LogP contribution in [0.25, 0.3) is 0 Å². The highest BCUT2D eigenvalue weighted by Crippen LogP contribution is 2.23. The molecule has 1 saturated heterocycles. The molecule has 3 amide bonds. The summed E-state index contributed by atoms with van der Waals surface area (Å²) in [6.07, 6.45) is 3.04. The zero-order valence-electron chi connectivity index (χ0n) is 14.6. The highest BCUT2D eigenvalue weighted by atomic mass is 16.2. The van der Waals surface area contributed by atoms with Gasteiger partial charge in [-0.3, -0.25) is 19.2 Å². The highest BCUT2D eigenvalue weighted by Gasteiger charge is 2.38. The van der Waals surface area contributed by atoms with Crippen LogP contribution < -0.4 is 10.6 Å². The third-order valence-corrected chi connectivity index (χ3v) is 4.06. The smallest absolute Gasteiger partial charge is 0.289 e. The van der Waals surface area contributed by atoms with Crippen molar-refractivity contribution < 1.29 is 19.2 Å². The van der Waals surface area contributed by atoms with Gasteiger partial charge in [0.25, 0.3) is 5.91 Å². The normalized spacial score (nSPS) is 21.0. The standard InChI is InChI=1S/C17H27N3O4/c1-5-7-13(15(22)17(24)18-8-6-2)19-16(23)14-9-11(3)10-20(14)12(4)21/h6,11,13-14H,2,5,7-10H2,1,3-4H3,(H,18,24)(H,19,23)/t11-,13?,14+/m1/s1. The van der Waals surface area contributed by atoms with Crippen LogP contribution in [0.2, 0.25) is 0 Å². The third-order valence-electron chi connectivity index (χ3n) is 4.06. The second-order valence-corrected chi connectivity index (χ2v) is 6.24. The number of nitrogens with zero attached hydrogens (tertiary/aromatic N) is 1. The second-order valence-electron chi connectivity index (χ2n) is 6.24. The van der Waals surface area contributed by atoms with E-state index < -0.39 is 23.8 Å². The predicted octanol–water partition coefficient (Wildman–Crippen LogP) is 0.400. The van der Waals surface area contributed by atoms with Crippen LogP contribution in [0.1, 0.15) is 40.0 Å². The van der Waals surface area contributed by atoms with Crippen molar-refractivity contribution in [2.45, 2.75) is 52.1 Å². The lowest BCUT2D eigenvalue weighted by Gasteiger charge is -2.25. The van der Waals surface area contributed by atoms with Gasteiger partial charge >= 0.3 is 0 Å². The predicted molar refractivity (Wildman–Crippen MR) is 90.0 cm³/mol. The van der Waals surface area contributed by atoms with Gasteiger partial charge in [0.1, 0.15) is 6.04 Å². The molecule has 1 aliphatic heterocycles. The SMILES string of the molecule is C=CCNC(=O)C(=O)C(CCC)NC(=O)[C@@H]1C[C@@H](C)CN1C(C)=O. The highest BCUT2D eigenvalue weighted by molar-refractivity contribution is 6.38. The van der Waals surface area contributed by atoms with E-state index >= 15 is 0 Å². The lowest BCUT2D eigenvalue weighted by molar-refractivity contribution is -0.141. The fourth-order valence-corrected chi connectivity index (χ4v) is 2.88. The first kappa shape index (κ1) is 19.9. The van der Waals surface area contributed by atoms with E-state index in [0.717, 1.165) is 0 Å². The van der Waals surface area contributed by atoms with Crippen molar-refractivity contribution in [3.63, 3.8) is 0 Å². The van der Waals surface area contributed by atoms with Gasteiger partial charge in [-0.15, -0.1) is 6.58 Å². The molecule has 134 valence electrons. The molecule has 0 spiro atoms. The Morgan fingerprint density at radius 2 is 2.00 bits per heavy atom. The number of likely N-dealkylation sites (tertiary alicyclic amines) is 1. The lowest BCUT2D eigenvalue weighted by Crippen LogP contribution is -2.53. The quantitative estimate of drug-likeness (QED) is 0.495. The maximum atomic E-state index is 12.5. The molecule has 3 atom stereocenters. The van der Waals surface area contributed by atoms with Gasteiger partial charge in [0.15, 0.2) is 0 Å². The molecule has 0 saturated carbocycles. The topological polar surface area (TPSA) is 95.6 Å². The largest absolute Gasteiger partial charge is 0.346 e. The molecule has 7 nitrogen and oxygen atoms in total. The summed E-state index contributed by atoms with van der Waals surface area (Å²) in [6.45, 7) is 9.46. The molecule has 0 aromatic rings. The van der Waals surface area contributed by atoms with Crippen molar-refractivity contribution in [2.24, 2.45) is 5.92 Å². The van der Waals surface area contributed by atoms with Gasteiger partial charge in [-0.2, -0.15) is 0 Å². The number of Topliss-reactive ketones (excluding diaryl/α,β-unsaturated/α-hetero) is 1. The first-order chi connectivity index (χ1) is 11.3. The Labute approximate surface area is 142 Å². The van der Waals surface area contributed by atoms with E-state index in [2.05, 4.69) is 17.2 Å². The number of hydrogen-bond acceptors (Lipinski definition) is 4. The first-order valence-corrected chi connectivity index (χ1v) is 8.32. The van der Waals surface area contributed by atoms with E-state index in [1.165, 1.54) is 17.9 Å². The molecule has 1 fully saturated rings. The van der Waals surface area contributed by atoms with Crippen LogP contribution in [-0.4, -0.2) is 53.6 Å². The van der Waals surface area contributed by atoms with Crippen LogP contribution in [0, 0.1) is 5.92 Å². The molecule has 1 aliphatic rings. The van der Waals surface area contributed by atoms with E-state index in [-0.39, 0.29) is 24.3 Å². The monoisotopic (exact) mass is 337 g/mol. The number of ketones is 1. The zero-order chi connectivity index (χ0) is 18.3. The molecule has 0 bridgehead atoms. The van der Waals surface area contributed by atoms with Crippen molar-refractivity contribution in [3.8, 4) is 0 Å². The second kappa shape index (κ2) is 9.20. The summed E-state index contributed by atoms with van der Waals surface area (Å²) in [4.78, 5) is 49.8. The number of amides is 3. The minimum absolute atomic E-state index is 0.165. The molecule has 0 radical (unpaired) electrons. The minimum Gasteiger partial charge on any atom is -0.346 e. The first-order valence-electron chi connectivity index (χ1n) is 8.32. The summed E-state index contributed by atoms with van der Waals surface area (Å²) < 4.78 is 0. The molecule has 2 N–H and O–H groups in total. The maximum absolute atomic E-state index is 12.5. The Kier molecular flexibility index (Phi) is 7.61. The Balaban J connectivity index is 2.78. The summed E-state index contributed by atoms with van der Waals surface area (Å²) in [5.41, 5.74) is 0. The Morgan fingerprint density at radius 1 is 1.33 bits per heavy atom. The van der Waals surface area contributed by atoms with Crippen molar-refractivity contribution in [3.05, 3.63) is 12.7 Å². The Bertz CT molecular complexity index is 518. The van der Waals surface area contributed by atoms with Crippen LogP contribution in [-0.2, 0) is 19.2 Å². The molecule has 1 rings (SSSR count). The Hall–Kier alpha value is -2.18. The number of nitrogens with one attached hydrogen (secondary N) is 2. The van der Waals surface area contributed by atoms with Crippen molar-refractivity contribution in [1.82, 2.24) is 15.5 Å².